The Kier molecular flexibility index (Phi) is 8.05. The molecule has 1 fully saturated rings. The van der Waals surface area contributed by atoms with Gasteiger partial charge in [-0.15, -0.1) is 0 Å². The van der Waals surface area contributed by atoms with E-state index in [1.165, 1.54) is 6.33 Å². The number of anilines is 1. The highest BCUT2D eigenvalue weighted by Crippen LogP contribution is 2.33. The van der Waals surface area contributed by atoms with Crippen molar-refractivity contribution in [1.82, 2.24) is 29.7 Å². The molecule has 3 aromatic heterocycles. The first kappa shape index (κ1) is 27.6. The molecule has 38 heavy (non-hydrogen) atoms. The van der Waals surface area contributed by atoms with Crippen molar-refractivity contribution in [2.45, 2.75) is 52.0 Å². The number of ether oxygens (including phenoxy) is 1. The Hall–Kier alpha value is -3.47. The van der Waals surface area contributed by atoms with E-state index in [-0.39, 0.29) is 5.91 Å². The quantitative estimate of drug-likeness (QED) is 0.352. The Morgan fingerprint density at radius 2 is 1.87 bits per heavy atom. The summed E-state index contributed by atoms with van der Waals surface area (Å²) in [6.45, 7) is 9.00. The highest BCUT2D eigenvalue weighted by atomic mass is 35.5. The molecule has 0 radical (unpaired) electrons. The number of carbonyl (C=O) groups is 1. The van der Waals surface area contributed by atoms with Gasteiger partial charge in [0, 0.05) is 42.2 Å². The summed E-state index contributed by atoms with van der Waals surface area (Å²) in [4.78, 5) is 19.5. The van der Waals surface area contributed by atoms with Crippen LogP contribution in [0.4, 0.5) is 5.82 Å². The highest BCUT2D eigenvalue weighted by molar-refractivity contribution is 6.30. The van der Waals surface area contributed by atoms with Crippen molar-refractivity contribution in [2.75, 3.05) is 25.1 Å². The lowest BCUT2D eigenvalue weighted by Crippen LogP contribution is -2.70. The van der Waals surface area contributed by atoms with Crippen LogP contribution in [0.2, 0.25) is 5.02 Å². The van der Waals surface area contributed by atoms with Crippen molar-refractivity contribution in [3.8, 4) is 11.1 Å². The molecule has 1 amide bonds. The third-order valence-corrected chi connectivity index (χ3v) is 6.52. The minimum absolute atomic E-state index is 0.170. The lowest BCUT2D eigenvalue weighted by atomic mass is 9.92. The predicted molar refractivity (Wildman–Crippen MR) is 147 cm³/mol. The topological polar surface area (TPSA) is 110 Å². The molecule has 4 heterocycles. The molecule has 0 aliphatic carbocycles. The van der Waals surface area contributed by atoms with E-state index < -0.39 is 11.2 Å². The smallest absolute Gasteiger partial charge is 0.256 e. The van der Waals surface area contributed by atoms with Crippen molar-refractivity contribution in [3.63, 3.8) is 0 Å². The van der Waals surface area contributed by atoms with Crippen LogP contribution in [0.5, 0.6) is 0 Å². The van der Waals surface area contributed by atoms with Crippen molar-refractivity contribution >= 4 is 28.8 Å². The maximum absolute atomic E-state index is 13.0. The van der Waals surface area contributed by atoms with Crippen LogP contribution in [-0.2, 0) is 22.6 Å². The normalized spacial score (nSPS) is 14.6. The van der Waals surface area contributed by atoms with Crippen LogP contribution < -0.4 is 10.2 Å². The van der Waals surface area contributed by atoms with Crippen LogP contribution >= 0.6 is 11.6 Å². The summed E-state index contributed by atoms with van der Waals surface area (Å²) in [6.07, 6.45) is 7.06. The van der Waals surface area contributed by atoms with E-state index in [9.17, 15) is 9.90 Å². The Bertz CT molecular complexity index is 1390. The number of aromatic nitrogens is 5. The lowest BCUT2D eigenvalue weighted by molar-refractivity contribution is -0.146. The van der Waals surface area contributed by atoms with Crippen molar-refractivity contribution in [3.05, 3.63) is 65.8 Å². The molecule has 11 heteroatoms. The summed E-state index contributed by atoms with van der Waals surface area (Å²) in [7, 11) is 1.55. The fourth-order valence-electron chi connectivity index (χ4n) is 4.35. The van der Waals surface area contributed by atoms with Crippen LogP contribution in [0, 0.1) is 0 Å². The Morgan fingerprint density at radius 3 is 2.53 bits per heavy atom. The van der Waals surface area contributed by atoms with E-state index in [0.717, 1.165) is 28.0 Å². The Morgan fingerprint density at radius 1 is 1.16 bits per heavy atom. The summed E-state index contributed by atoms with van der Waals surface area (Å²) in [5.41, 5.74) is 1.79. The third-order valence-electron chi connectivity index (χ3n) is 6.26. The first-order valence-corrected chi connectivity index (χ1v) is 13.0. The molecule has 202 valence electrons. The molecule has 1 aromatic carbocycles. The van der Waals surface area contributed by atoms with Crippen LogP contribution in [0.25, 0.3) is 16.6 Å². The van der Waals surface area contributed by atoms with E-state index in [1.807, 2.05) is 49.3 Å². The minimum Gasteiger partial charge on any atom is -0.389 e. The first-order valence-electron chi connectivity index (χ1n) is 12.6. The number of nitrogens with one attached hydrogen (secondary N) is 1. The van der Waals surface area contributed by atoms with Crippen molar-refractivity contribution in [2.24, 2.45) is 0 Å². The summed E-state index contributed by atoms with van der Waals surface area (Å²) in [5.74, 6) is 0.551. The van der Waals surface area contributed by atoms with Gasteiger partial charge >= 0.3 is 0 Å². The summed E-state index contributed by atoms with van der Waals surface area (Å²) in [5, 5.41) is 22.4. The zero-order valence-corrected chi connectivity index (χ0v) is 23.1. The fraction of sp³-hybridized carbons (Fsp3) is 0.407. The largest absolute Gasteiger partial charge is 0.389 e. The van der Waals surface area contributed by atoms with Gasteiger partial charge in [-0.3, -0.25) is 9.48 Å². The van der Waals surface area contributed by atoms with Gasteiger partial charge in [-0.1, -0.05) is 37.6 Å². The van der Waals surface area contributed by atoms with Gasteiger partial charge in [-0.2, -0.15) is 10.2 Å². The van der Waals surface area contributed by atoms with E-state index in [2.05, 4.69) is 20.5 Å². The van der Waals surface area contributed by atoms with Gasteiger partial charge in [-0.05, 0) is 37.6 Å². The number of benzene rings is 1. The molecule has 0 saturated carbocycles. The molecule has 1 aliphatic heterocycles. The molecule has 10 nitrogen and oxygen atoms in total. The van der Waals surface area contributed by atoms with Gasteiger partial charge in [0.1, 0.15) is 11.8 Å². The van der Waals surface area contributed by atoms with Crippen LogP contribution in [-0.4, -0.2) is 66.8 Å². The van der Waals surface area contributed by atoms with E-state index >= 15 is 0 Å². The number of hydrogen-bond donors (Lipinski definition) is 2. The second-order valence-corrected chi connectivity index (χ2v) is 10.2. The second-order valence-electron chi connectivity index (χ2n) is 9.74. The highest BCUT2D eigenvalue weighted by Gasteiger charge is 2.50. The molecule has 0 spiro atoms. The zero-order valence-electron chi connectivity index (χ0n) is 22.3. The van der Waals surface area contributed by atoms with E-state index in [4.69, 9.17) is 16.3 Å². The second kappa shape index (κ2) is 11.1. The average molecular weight is 540 g/mol. The number of methoxy groups -OCH3 is 1. The molecule has 1 saturated heterocycles. The Labute approximate surface area is 227 Å². The number of carbonyl (C=O) groups excluding carboxylic acids is 1. The maximum atomic E-state index is 13.0. The third kappa shape index (κ3) is 5.82. The molecule has 0 atom stereocenters. The average Bonchev–Trinajstić information content (AvgIpc) is 3.51. The van der Waals surface area contributed by atoms with Crippen LogP contribution in [0.1, 0.15) is 33.3 Å². The zero-order chi connectivity index (χ0) is 27.5. The van der Waals surface area contributed by atoms with Gasteiger partial charge in [-0.25, -0.2) is 9.50 Å². The number of nitrogens with zero attached hydrogens (tertiary/aromatic N) is 6. The predicted octanol–water partition coefficient (Wildman–Crippen LogP) is 3.56. The van der Waals surface area contributed by atoms with Gasteiger partial charge in [0.15, 0.2) is 11.4 Å². The van der Waals surface area contributed by atoms with Crippen LogP contribution in [0.15, 0.2) is 55.2 Å². The van der Waals surface area contributed by atoms with Gasteiger partial charge in [0.2, 0.25) is 0 Å². The van der Waals surface area contributed by atoms with Gasteiger partial charge in [0.25, 0.3) is 5.91 Å². The summed E-state index contributed by atoms with van der Waals surface area (Å²) < 4.78 is 9.15. The number of aliphatic hydroxyl groups is 1. The standard InChI is InChI=1S/C25H28ClN7O3.C2H6/c1-24(2,35)13-32-11-19(10-29-32)18-8-21-22(28-16-30-33(21)12-18)31-14-25(15-31,36-3)23(34)27-9-17-4-6-20(26)7-5-17;1-2/h4-8,10-12,16,35H,9,13-15H2,1-3H3,(H,27,34);1-2H3. The molecular formula is C27H34ClN7O3. The maximum Gasteiger partial charge on any atom is 0.256 e. The summed E-state index contributed by atoms with van der Waals surface area (Å²) >= 11 is 5.94. The molecular weight excluding hydrogens is 506 g/mol. The number of rotatable bonds is 8. The molecule has 0 bridgehead atoms. The number of fused-ring (bicyclic) bond motifs is 1. The van der Waals surface area contributed by atoms with Gasteiger partial charge < -0.3 is 20.1 Å². The number of hydrogen-bond acceptors (Lipinski definition) is 7. The molecule has 5 rings (SSSR count). The van der Waals surface area contributed by atoms with E-state index in [1.54, 1.807) is 48.5 Å². The van der Waals surface area contributed by atoms with Crippen molar-refractivity contribution in [1.29, 1.82) is 0 Å². The minimum atomic E-state index is -0.956. The number of halogens is 1. The first-order chi connectivity index (χ1) is 18.2. The fourth-order valence-corrected chi connectivity index (χ4v) is 4.47. The molecule has 4 aromatic rings. The molecule has 0 unspecified atom stereocenters. The van der Waals surface area contributed by atoms with Gasteiger partial charge in [0.05, 0.1) is 31.4 Å². The number of amides is 1. The molecule has 1 aliphatic rings. The van der Waals surface area contributed by atoms with Crippen molar-refractivity contribution < 1.29 is 14.6 Å². The monoisotopic (exact) mass is 539 g/mol. The summed E-state index contributed by atoms with van der Waals surface area (Å²) in [6, 6.07) is 9.35. The SMILES string of the molecule is CC.COC1(C(=O)NCc2ccc(Cl)cc2)CN(c2ncnn3cc(-c4cnn(CC(C)(C)O)c4)cc23)C1. The molecule has 2 N–H and O–H groups in total. The van der Waals surface area contributed by atoms with Crippen LogP contribution in [0.3, 0.4) is 0 Å². The van der Waals surface area contributed by atoms with E-state index in [0.29, 0.717) is 31.2 Å². The Balaban J connectivity index is 0.00000164. The lowest BCUT2D eigenvalue weighted by Gasteiger charge is -2.48.